The predicted octanol–water partition coefficient (Wildman–Crippen LogP) is 3.11. The number of hydrogen-bond acceptors (Lipinski definition) is 4. The van der Waals surface area contributed by atoms with Gasteiger partial charge in [-0.05, 0) is 26.3 Å². The van der Waals surface area contributed by atoms with Crippen LogP contribution in [0.25, 0.3) is 0 Å². The maximum absolute atomic E-state index is 12.8. The molecule has 0 saturated carbocycles. The minimum absolute atomic E-state index is 0.00464. The molecule has 23 heavy (non-hydrogen) atoms. The third kappa shape index (κ3) is 3.41. The van der Waals surface area contributed by atoms with Gasteiger partial charge >= 0.3 is 6.18 Å². The van der Waals surface area contributed by atoms with Gasteiger partial charge in [0, 0.05) is 37.8 Å². The lowest BCUT2D eigenvalue weighted by atomic mass is 9.96. The van der Waals surface area contributed by atoms with Crippen LogP contribution in [0, 0.1) is 6.92 Å². The van der Waals surface area contributed by atoms with Crippen LogP contribution in [0.15, 0.2) is 16.9 Å². The molecule has 1 fully saturated rings. The number of alkyl halides is 3. The van der Waals surface area contributed by atoms with E-state index in [0.717, 1.165) is 36.9 Å². The van der Waals surface area contributed by atoms with Crippen molar-refractivity contribution in [2.75, 3.05) is 13.1 Å². The van der Waals surface area contributed by atoms with Gasteiger partial charge in [0.15, 0.2) is 5.69 Å². The van der Waals surface area contributed by atoms with E-state index in [1.165, 1.54) is 4.57 Å². The van der Waals surface area contributed by atoms with E-state index < -0.39 is 11.9 Å². The predicted molar refractivity (Wildman–Crippen MR) is 76.7 cm³/mol. The number of nitrogens with zero attached hydrogens (tertiary/aromatic N) is 4. The van der Waals surface area contributed by atoms with E-state index in [1.54, 1.807) is 13.2 Å². The molecule has 0 aromatic carbocycles. The van der Waals surface area contributed by atoms with E-state index in [-0.39, 0.29) is 5.92 Å². The number of aromatic nitrogens is 3. The summed E-state index contributed by atoms with van der Waals surface area (Å²) in [5, 5.41) is 3.77. The Morgan fingerprint density at radius 1 is 1.39 bits per heavy atom. The molecule has 1 aliphatic rings. The molecule has 0 bridgehead atoms. The van der Waals surface area contributed by atoms with Crippen LogP contribution in [0.3, 0.4) is 0 Å². The number of aryl methyl sites for hydroxylation is 2. The van der Waals surface area contributed by atoms with Crippen molar-refractivity contribution < 1.29 is 17.7 Å². The van der Waals surface area contributed by atoms with Gasteiger partial charge in [0.05, 0.1) is 6.20 Å². The van der Waals surface area contributed by atoms with Crippen LogP contribution >= 0.6 is 0 Å². The van der Waals surface area contributed by atoms with Crippen LogP contribution in [0.2, 0.25) is 0 Å². The van der Waals surface area contributed by atoms with Crippen LogP contribution < -0.4 is 0 Å². The second-order valence-corrected chi connectivity index (χ2v) is 6.07. The maximum atomic E-state index is 12.8. The van der Waals surface area contributed by atoms with Gasteiger partial charge in [0.25, 0.3) is 0 Å². The molecule has 1 aliphatic heterocycles. The maximum Gasteiger partial charge on any atom is 0.434 e. The van der Waals surface area contributed by atoms with E-state index in [4.69, 9.17) is 4.52 Å². The average molecular weight is 328 g/mol. The van der Waals surface area contributed by atoms with E-state index in [1.807, 2.05) is 6.92 Å². The monoisotopic (exact) mass is 328 g/mol. The van der Waals surface area contributed by atoms with Crippen molar-refractivity contribution in [3.63, 3.8) is 0 Å². The summed E-state index contributed by atoms with van der Waals surface area (Å²) in [6, 6.07) is 0. The molecule has 0 amide bonds. The first kappa shape index (κ1) is 16.0. The van der Waals surface area contributed by atoms with Crippen molar-refractivity contribution in [1.82, 2.24) is 19.6 Å². The molecular formula is C15H19F3N4O. The van der Waals surface area contributed by atoms with Crippen molar-refractivity contribution >= 4 is 0 Å². The van der Waals surface area contributed by atoms with Crippen molar-refractivity contribution in [1.29, 1.82) is 0 Å². The molecule has 5 nitrogen and oxygen atoms in total. The quantitative estimate of drug-likeness (QED) is 0.868. The summed E-state index contributed by atoms with van der Waals surface area (Å²) in [6.45, 7) is 4.16. The second kappa shape index (κ2) is 5.99. The van der Waals surface area contributed by atoms with Crippen LogP contribution in [0.1, 0.15) is 41.6 Å². The van der Waals surface area contributed by atoms with Crippen LogP contribution in [-0.4, -0.2) is 32.7 Å². The Morgan fingerprint density at radius 2 is 2.17 bits per heavy atom. The summed E-state index contributed by atoms with van der Waals surface area (Å²) in [5.74, 6) is 1.29. The highest BCUT2D eigenvalue weighted by atomic mass is 19.4. The number of imidazole rings is 1. The zero-order valence-electron chi connectivity index (χ0n) is 13.1. The van der Waals surface area contributed by atoms with Gasteiger partial charge in [-0.15, -0.1) is 0 Å². The highest BCUT2D eigenvalue weighted by Crippen LogP contribution is 2.32. The van der Waals surface area contributed by atoms with Crippen molar-refractivity contribution in [2.45, 2.75) is 38.4 Å². The highest BCUT2D eigenvalue weighted by Gasteiger charge is 2.36. The first-order valence-electron chi connectivity index (χ1n) is 7.57. The van der Waals surface area contributed by atoms with Gasteiger partial charge in [-0.2, -0.15) is 13.2 Å². The number of rotatable bonds is 3. The van der Waals surface area contributed by atoms with E-state index in [0.29, 0.717) is 18.9 Å². The van der Waals surface area contributed by atoms with Crippen molar-refractivity contribution in [3.8, 4) is 0 Å². The minimum Gasteiger partial charge on any atom is -0.361 e. The van der Waals surface area contributed by atoms with Gasteiger partial charge in [-0.1, -0.05) is 5.16 Å². The molecule has 8 heteroatoms. The lowest BCUT2D eigenvalue weighted by molar-refractivity contribution is -0.141. The highest BCUT2D eigenvalue weighted by molar-refractivity contribution is 5.14. The van der Waals surface area contributed by atoms with Crippen LogP contribution in [-0.2, 0) is 19.8 Å². The fraction of sp³-hybridized carbons (Fsp3) is 0.600. The summed E-state index contributed by atoms with van der Waals surface area (Å²) < 4.78 is 45.0. The third-order valence-corrected chi connectivity index (χ3v) is 4.32. The fourth-order valence-corrected chi connectivity index (χ4v) is 3.12. The molecule has 0 aliphatic carbocycles. The lowest BCUT2D eigenvalue weighted by Crippen LogP contribution is -2.34. The smallest absolute Gasteiger partial charge is 0.361 e. The number of halogens is 3. The molecule has 3 rings (SSSR count). The van der Waals surface area contributed by atoms with Gasteiger partial charge in [0.2, 0.25) is 0 Å². The molecule has 1 atom stereocenters. The van der Waals surface area contributed by atoms with Gasteiger partial charge in [-0.25, -0.2) is 4.98 Å². The van der Waals surface area contributed by atoms with Gasteiger partial charge in [0.1, 0.15) is 11.6 Å². The Hall–Kier alpha value is -1.83. The third-order valence-electron chi connectivity index (χ3n) is 4.32. The molecule has 3 heterocycles. The zero-order chi connectivity index (χ0) is 16.6. The summed E-state index contributed by atoms with van der Waals surface area (Å²) in [5.41, 5.74) is 0.198. The Morgan fingerprint density at radius 3 is 2.78 bits per heavy atom. The molecule has 0 spiro atoms. The average Bonchev–Trinajstić information content (AvgIpc) is 3.06. The minimum atomic E-state index is -4.40. The largest absolute Gasteiger partial charge is 0.434 e. The summed E-state index contributed by atoms with van der Waals surface area (Å²) in [4.78, 5) is 6.05. The number of piperidine rings is 1. The fourth-order valence-electron chi connectivity index (χ4n) is 3.12. The summed E-state index contributed by atoms with van der Waals surface area (Å²) in [7, 11) is 1.63. The Bertz CT molecular complexity index is 677. The lowest BCUT2D eigenvalue weighted by Gasteiger charge is -2.32. The molecule has 126 valence electrons. The Labute approximate surface area is 132 Å². The Balaban J connectivity index is 1.74. The molecule has 0 N–H and O–H groups in total. The first-order valence-corrected chi connectivity index (χ1v) is 7.57. The van der Waals surface area contributed by atoms with E-state index in [2.05, 4.69) is 15.0 Å². The second-order valence-electron chi connectivity index (χ2n) is 6.07. The zero-order valence-corrected chi connectivity index (χ0v) is 13.1. The SMILES string of the molecule is Cc1oncc1CN1CCC[C@@H](c2nc(C(F)(F)F)cn2C)C1. The van der Waals surface area contributed by atoms with Crippen LogP contribution in [0.5, 0.6) is 0 Å². The first-order chi connectivity index (χ1) is 10.8. The van der Waals surface area contributed by atoms with Gasteiger partial charge in [-0.3, -0.25) is 4.90 Å². The molecule has 0 radical (unpaired) electrons. The molecule has 2 aromatic rings. The normalized spacial score (nSPS) is 20.1. The topological polar surface area (TPSA) is 47.1 Å². The van der Waals surface area contributed by atoms with E-state index in [9.17, 15) is 13.2 Å². The van der Waals surface area contributed by atoms with E-state index >= 15 is 0 Å². The summed E-state index contributed by atoms with van der Waals surface area (Å²) in [6.07, 6.45) is 0.147. The van der Waals surface area contributed by atoms with Gasteiger partial charge < -0.3 is 9.09 Å². The molecule has 2 aromatic heterocycles. The summed E-state index contributed by atoms with van der Waals surface area (Å²) >= 11 is 0. The molecule has 0 unspecified atom stereocenters. The number of hydrogen-bond donors (Lipinski definition) is 0. The van der Waals surface area contributed by atoms with Crippen LogP contribution in [0.4, 0.5) is 13.2 Å². The van der Waals surface area contributed by atoms with Crippen molar-refractivity contribution in [2.24, 2.45) is 7.05 Å². The molecule has 1 saturated heterocycles. The standard InChI is InChI=1S/C15H19F3N4O/c1-10-12(6-19-23-10)8-22-5-3-4-11(7-22)14-20-13(9-21(14)2)15(16,17)18/h6,9,11H,3-5,7-8H2,1-2H3/t11-/m1/s1. The van der Waals surface area contributed by atoms with Crippen molar-refractivity contribution in [3.05, 3.63) is 35.2 Å². The Kier molecular flexibility index (Phi) is 4.18. The molecular weight excluding hydrogens is 309 g/mol. The number of likely N-dealkylation sites (tertiary alicyclic amines) is 1.